The van der Waals surface area contributed by atoms with Crippen molar-refractivity contribution < 1.29 is 19.1 Å². The van der Waals surface area contributed by atoms with Crippen LogP contribution in [0.1, 0.15) is 26.7 Å². The first-order valence-electron chi connectivity index (χ1n) is 6.97. The molecule has 6 heteroatoms. The van der Waals surface area contributed by atoms with Gasteiger partial charge in [0.05, 0.1) is 5.69 Å². The Kier molecular flexibility index (Phi) is 4.16. The third kappa shape index (κ3) is 2.99. The molecular formula is C15H19FN2O3. The standard InChI is InChI=1S/C15H19FN2O3/c1-3-18(12-7-5-4-6-11(12)16)14(21)17-15(2,13(19)20)10-8-9-10/h4-7,10H,3,8-9H2,1-2H3,(H,17,21)(H,19,20). The Labute approximate surface area is 122 Å². The van der Waals surface area contributed by atoms with Crippen molar-refractivity contribution in [3.63, 3.8) is 0 Å². The zero-order chi connectivity index (χ0) is 15.6. The van der Waals surface area contributed by atoms with Crippen molar-refractivity contribution in [1.82, 2.24) is 5.32 Å². The minimum atomic E-state index is -1.31. The highest BCUT2D eigenvalue weighted by atomic mass is 19.1. The van der Waals surface area contributed by atoms with Gasteiger partial charge >= 0.3 is 12.0 Å². The minimum Gasteiger partial charge on any atom is -0.480 e. The summed E-state index contributed by atoms with van der Waals surface area (Å²) in [4.78, 5) is 25.0. The summed E-state index contributed by atoms with van der Waals surface area (Å²) in [6, 6.07) is 5.33. The van der Waals surface area contributed by atoms with Crippen molar-refractivity contribution in [2.45, 2.75) is 32.2 Å². The van der Waals surface area contributed by atoms with Crippen molar-refractivity contribution in [3.05, 3.63) is 30.1 Å². The summed E-state index contributed by atoms with van der Waals surface area (Å²) < 4.78 is 13.8. The molecule has 1 atom stereocenters. The van der Waals surface area contributed by atoms with Gasteiger partial charge in [-0.3, -0.25) is 4.90 Å². The first kappa shape index (κ1) is 15.3. The number of carbonyl (C=O) groups is 2. The van der Waals surface area contributed by atoms with Crippen LogP contribution in [0.15, 0.2) is 24.3 Å². The molecule has 1 fully saturated rings. The topological polar surface area (TPSA) is 69.6 Å². The number of halogens is 1. The van der Waals surface area contributed by atoms with Crippen LogP contribution in [0.5, 0.6) is 0 Å². The number of para-hydroxylation sites is 1. The monoisotopic (exact) mass is 294 g/mol. The predicted octanol–water partition coefficient (Wildman–Crippen LogP) is 2.61. The van der Waals surface area contributed by atoms with E-state index in [1.165, 1.54) is 30.0 Å². The second-order valence-corrected chi connectivity index (χ2v) is 5.41. The maximum atomic E-state index is 13.8. The SMILES string of the molecule is CCN(C(=O)NC(C)(C(=O)O)C1CC1)c1ccccc1F. The molecule has 0 spiro atoms. The zero-order valence-corrected chi connectivity index (χ0v) is 12.1. The molecule has 2 N–H and O–H groups in total. The molecule has 21 heavy (non-hydrogen) atoms. The van der Waals surface area contributed by atoms with Crippen LogP contribution in [-0.4, -0.2) is 29.2 Å². The van der Waals surface area contributed by atoms with Gasteiger partial charge in [0.25, 0.3) is 0 Å². The molecule has 5 nitrogen and oxygen atoms in total. The van der Waals surface area contributed by atoms with Gasteiger partial charge in [-0.2, -0.15) is 0 Å². The Bertz CT molecular complexity index is 560. The van der Waals surface area contributed by atoms with Crippen molar-refractivity contribution in [2.24, 2.45) is 5.92 Å². The van der Waals surface area contributed by atoms with Gasteiger partial charge in [0.2, 0.25) is 0 Å². The number of nitrogens with one attached hydrogen (secondary N) is 1. The van der Waals surface area contributed by atoms with Crippen molar-refractivity contribution >= 4 is 17.7 Å². The van der Waals surface area contributed by atoms with Crippen LogP contribution < -0.4 is 10.2 Å². The minimum absolute atomic E-state index is 0.0710. The third-order valence-corrected chi connectivity index (χ3v) is 3.91. The third-order valence-electron chi connectivity index (χ3n) is 3.91. The van der Waals surface area contributed by atoms with E-state index in [0.29, 0.717) is 0 Å². The summed E-state index contributed by atoms with van der Waals surface area (Å²) in [5, 5.41) is 11.9. The molecule has 1 saturated carbocycles. The number of hydrogen-bond donors (Lipinski definition) is 2. The molecule has 0 aromatic heterocycles. The Morgan fingerprint density at radius 2 is 2.05 bits per heavy atom. The molecule has 1 aromatic rings. The molecule has 2 rings (SSSR count). The molecule has 1 unspecified atom stereocenters. The second-order valence-electron chi connectivity index (χ2n) is 5.41. The van der Waals surface area contributed by atoms with Gasteiger partial charge in [-0.1, -0.05) is 12.1 Å². The fourth-order valence-electron chi connectivity index (χ4n) is 2.37. The first-order valence-corrected chi connectivity index (χ1v) is 6.97. The van der Waals surface area contributed by atoms with Crippen LogP contribution in [0.4, 0.5) is 14.9 Å². The van der Waals surface area contributed by atoms with Crippen LogP contribution in [-0.2, 0) is 4.79 Å². The Morgan fingerprint density at radius 1 is 1.43 bits per heavy atom. The number of carboxylic acid groups (broad SMARTS) is 1. The van der Waals surface area contributed by atoms with E-state index in [1.54, 1.807) is 13.0 Å². The number of anilines is 1. The number of amides is 2. The van der Waals surface area contributed by atoms with Gasteiger partial charge < -0.3 is 10.4 Å². The van der Waals surface area contributed by atoms with Gasteiger partial charge in [0.1, 0.15) is 11.4 Å². The Hall–Kier alpha value is -2.11. The van der Waals surface area contributed by atoms with E-state index in [9.17, 15) is 19.1 Å². The van der Waals surface area contributed by atoms with Gasteiger partial charge in [-0.25, -0.2) is 14.0 Å². The van der Waals surface area contributed by atoms with Gasteiger partial charge in [-0.05, 0) is 44.7 Å². The van der Waals surface area contributed by atoms with Crippen LogP contribution in [0.3, 0.4) is 0 Å². The van der Waals surface area contributed by atoms with Gasteiger partial charge in [-0.15, -0.1) is 0 Å². The van der Waals surface area contributed by atoms with E-state index in [4.69, 9.17) is 0 Å². The first-order chi connectivity index (χ1) is 9.90. The number of carboxylic acids is 1. The largest absolute Gasteiger partial charge is 0.480 e. The van der Waals surface area contributed by atoms with Crippen molar-refractivity contribution in [2.75, 3.05) is 11.4 Å². The lowest BCUT2D eigenvalue weighted by molar-refractivity contribution is -0.144. The lowest BCUT2D eigenvalue weighted by Crippen LogP contribution is -2.57. The molecule has 0 bridgehead atoms. The molecule has 114 valence electrons. The summed E-state index contributed by atoms with van der Waals surface area (Å²) in [6.07, 6.45) is 1.55. The smallest absolute Gasteiger partial charge is 0.329 e. The Balaban J connectivity index is 2.21. The molecule has 0 saturated heterocycles. The maximum absolute atomic E-state index is 13.8. The highest BCUT2D eigenvalue weighted by Crippen LogP contribution is 2.40. The van der Waals surface area contributed by atoms with Crippen LogP contribution in [0.25, 0.3) is 0 Å². The number of nitrogens with zero attached hydrogens (tertiary/aromatic N) is 1. The van der Waals surface area contributed by atoms with E-state index >= 15 is 0 Å². The molecule has 2 amide bonds. The van der Waals surface area contributed by atoms with E-state index in [0.717, 1.165) is 12.8 Å². The molecular weight excluding hydrogens is 275 g/mol. The van der Waals surface area contributed by atoms with Crippen LogP contribution in [0, 0.1) is 11.7 Å². The highest BCUT2D eigenvalue weighted by Gasteiger charge is 2.49. The summed E-state index contributed by atoms with van der Waals surface area (Å²) in [7, 11) is 0. The fraction of sp³-hybridized carbons (Fsp3) is 0.467. The summed E-state index contributed by atoms with van der Waals surface area (Å²) >= 11 is 0. The second kappa shape index (κ2) is 5.71. The van der Waals surface area contributed by atoms with E-state index in [1.807, 2.05) is 0 Å². The highest BCUT2D eigenvalue weighted by molar-refractivity contribution is 5.96. The summed E-state index contributed by atoms with van der Waals surface area (Å²) in [6.45, 7) is 3.45. The number of hydrogen-bond acceptors (Lipinski definition) is 2. The summed E-state index contributed by atoms with van der Waals surface area (Å²) in [5.41, 5.74) is -1.17. The number of aliphatic carboxylic acids is 1. The quantitative estimate of drug-likeness (QED) is 0.877. The molecule has 1 aliphatic rings. The lowest BCUT2D eigenvalue weighted by atomic mass is 9.96. The van der Waals surface area contributed by atoms with Crippen LogP contribution in [0.2, 0.25) is 0 Å². The average Bonchev–Trinajstić information content (AvgIpc) is 3.26. The number of urea groups is 1. The summed E-state index contributed by atoms with van der Waals surface area (Å²) in [5.74, 6) is -1.65. The normalized spacial score (nSPS) is 16.9. The molecule has 0 heterocycles. The number of carbonyl (C=O) groups excluding carboxylic acids is 1. The predicted molar refractivity (Wildman–Crippen MR) is 76.7 cm³/mol. The van der Waals surface area contributed by atoms with E-state index < -0.39 is 23.4 Å². The fourth-order valence-corrected chi connectivity index (χ4v) is 2.37. The van der Waals surface area contributed by atoms with Gasteiger partial charge in [0, 0.05) is 6.54 Å². The zero-order valence-electron chi connectivity index (χ0n) is 12.1. The molecule has 0 aliphatic heterocycles. The maximum Gasteiger partial charge on any atom is 0.329 e. The lowest BCUT2D eigenvalue weighted by Gasteiger charge is -2.30. The molecule has 1 aliphatic carbocycles. The van der Waals surface area contributed by atoms with E-state index in [-0.39, 0.29) is 18.2 Å². The molecule has 0 radical (unpaired) electrons. The Morgan fingerprint density at radius 3 is 2.52 bits per heavy atom. The average molecular weight is 294 g/mol. The van der Waals surface area contributed by atoms with Crippen molar-refractivity contribution in [1.29, 1.82) is 0 Å². The number of rotatable bonds is 5. The van der Waals surface area contributed by atoms with E-state index in [2.05, 4.69) is 5.32 Å². The van der Waals surface area contributed by atoms with Crippen molar-refractivity contribution in [3.8, 4) is 0 Å². The van der Waals surface area contributed by atoms with Gasteiger partial charge in [0.15, 0.2) is 0 Å². The van der Waals surface area contributed by atoms with Crippen LogP contribution >= 0.6 is 0 Å². The number of benzene rings is 1. The molecule has 1 aromatic carbocycles.